The van der Waals surface area contributed by atoms with Crippen LogP contribution in [0, 0.1) is 5.82 Å². The first kappa shape index (κ1) is 41.1. The van der Waals surface area contributed by atoms with Crippen molar-refractivity contribution in [3.63, 3.8) is 0 Å². The van der Waals surface area contributed by atoms with Crippen LogP contribution in [0.25, 0.3) is 0 Å². The lowest BCUT2D eigenvalue weighted by Crippen LogP contribution is -2.44. The number of benzene rings is 1. The van der Waals surface area contributed by atoms with E-state index >= 15 is 0 Å². The maximum atomic E-state index is 13.0. The molecule has 0 atom stereocenters. The number of nitrogens with zero attached hydrogens (tertiary/aromatic N) is 2. The third kappa shape index (κ3) is 8.76. The van der Waals surface area contributed by atoms with Gasteiger partial charge >= 0.3 is 0 Å². The Bertz CT molecular complexity index is 2070. The molecule has 0 aliphatic carbocycles. The van der Waals surface area contributed by atoms with Crippen LogP contribution in [0.1, 0.15) is 80.8 Å². The van der Waals surface area contributed by atoms with Crippen LogP contribution >= 0.6 is 34.5 Å². The first-order chi connectivity index (χ1) is 22.6. The molecule has 50 heavy (non-hydrogen) atoms. The molecule has 0 spiro atoms. The SMILES string of the molecule is CC(C)(C)c1cc(NC(=O)C(C)(C)S(=O)(=O)c2cc(Cl)c(Cl)s2)no1.CC(C)(C)c1cc(NC(=O)C(C)(C)S(=O)(=O)c2ccc(F)cc2)no1. The van der Waals surface area contributed by atoms with E-state index in [1.165, 1.54) is 33.8 Å². The molecule has 3 aromatic heterocycles. The van der Waals surface area contributed by atoms with Crippen molar-refractivity contribution in [1.82, 2.24) is 10.3 Å². The van der Waals surface area contributed by atoms with Gasteiger partial charge in [-0.1, -0.05) is 75.1 Å². The summed E-state index contributed by atoms with van der Waals surface area (Å²) < 4.78 is 71.0. The number of carbonyl (C=O) groups excluding carboxylic acids is 2. The molecule has 0 radical (unpaired) electrons. The second-order valence-corrected chi connectivity index (χ2v) is 21.5. The highest BCUT2D eigenvalue weighted by molar-refractivity contribution is 7.95. The number of nitrogens with one attached hydrogen (secondary N) is 2. The van der Waals surface area contributed by atoms with Gasteiger partial charge in [-0.2, -0.15) is 0 Å². The van der Waals surface area contributed by atoms with Gasteiger partial charge in [0.2, 0.25) is 21.7 Å². The summed E-state index contributed by atoms with van der Waals surface area (Å²) in [6.07, 6.45) is 0. The molecule has 3 heterocycles. The molecule has 0 unspecified atom stereocenters. The Labute approximate surface area is 304 Å². The van der Waals surface area contributed by atoms with Gasteiger partial charge in [-0.3, -0.25) is 9.59 Å². The van der Waals surface area contributed by atoms with Crippen molar-refractivity contribution in [3.05, 3.63) is 69.2 Å². The van der Waals surface area contributed by atoms with E-state index in [1.807, 2.05) is 41.5 Å². The van der Waals surface area contributed by atoms with E-state index in [9.17, 15) is 30.8 Å². The second-order valence-electron chi connectivity index (χ2n) is 14.2. The highest BCUT2D eigenvalue weighted by Gasteiger charge is 2.45. The molecule has 1 aromatic carbocycles. The number of aromatic nitrogens is 2. The first-order valence-electron chi connectivity index (χ1n) is 14.9. The molecule has 0 saturated heterocycles. The highest BCUT2D eigenvalue weighted by atomic mass is 35.5. The summed E-state index contributed by atoms with van der Waals surface area (Å²) in [5, 5.41) is 12.6. The lowest BCUT2D eigenvalue weighted by molar-refractivity contribution is -0.118. The Kier molecular flexibility index (Phi) is 11.8. The summed E-state index contributed by atoms with van der Waals surface area (Å²) in [5.41, 5.74) is -0.590. The van der Waals surface area contributed by atoms with Gasteiger partial charge < -0.3 is 19.7 Å². The summed E-state index contributed by atoms with van der Waals surface area (Å²) in [6.45, 7) is 16.7. The molecule has 2 amide bonds. The fourth-order valence-corrected chi connectivity index (χ4v) is 8.84. The molecule has 0 aliphatic heterocycles. The average molecular weight is 794 g/mol. The maximum Gasteiger partial charge on any atom is 0.246 e. The molecule has 12 nitrogen and oxygen atoms in total. The smallest absolute Gasteiger partial charge is 0.246 e. The zero-order valence-electron chi connectivity index (χ0n) is 29.1. The average Bonchev–Trinajstić information content (AvgIpc) is 3.74. The minimum absolute atomic E-state index is 0.0711. The van der Waals surface area contributed by atoms with E-state index in [0.29, 0.717) is 11.5 Å². The first-order valence-corrected chi connectivity index (χ1v) is 19.4. The molecule has 4 aromatic rings. The molecule has 0 aliphatic rings. The number of sulfone groups is 2. The van der Waals surface area contributed by atoms with E-state index in [4.69, 9.17) is 32.2 Å². The summed E-state index contributed by atoms with van der Waals surface area (Å²) in [6, 6.07) is 8.70. The zero-order valence-corrected chi connectivity index (χ0v) is 33.0. The Hall–Kier alpha value is -3.31. The summed E-state index contributed by atoms with van der Waals surface area (Å²) in [7, 11) is -8.04. The van der Waals surface area contributed by atoms with Crippen molar-refractivity contribution in [2.75, 3.05) is 10.6 Å². The van der Waals surface area contributed by atoms with Gasteiger partial charge in [0.05, 0.1) is 9.92 Å². The molecule has 4 rings (SSSR count). The predicted molar refractivity (Wildman–Crippen MR) is 191 cm³/mol. The van der Waals surface area contributed by atoms with Crippen molar-refractivity contribution in [3.8, 4) is 0 Å². The van der Waals surface area contributed by atoms with Gasteiger partial charge in [0, 0.05) is 23.0 Å². The van der Waals surface area contributed by atoms with E-state index in [2.05, 4.69) is 20.9 Å². The predicted octanol–water partition coefficient (Wildman–Crippen LogP) is 7.83. The molecule has 2 N–H and O–H groups in total. The van der Waals surface area contributed by atoms with Crippen LogP contribution in [0.4, 0.5) is 16.0 Å². The zero-order chi connectivity index (χ0) is 38.3. The van der Waals surface area contributed by atoms with Gasteiger partial charge in [0.1, 0.15) is 30.6 Å². The van der Waals surface area contributed by atoms with Gasteiger partial charge in [-0.15, -0.1) is 11.3 Å². The summed E-state index contributed by atoms with van der Waals surface area (Å²) in [4.78, 5) is 25.0. The molecule has 0 bridgehead atoms. The summed E-state index contributed by atoms with van der Waals surface area (Å²) in [5.74, 6) is -0.633. The van der Waals surface area contributed by atoms with E-state index in [0.717, 1.165) is 35.6 Å². The lowest BCUT2D eigenvalue weighted by atomic mass is 9.93. The van der Waals surface area contributed by atoms with Crippen LogP contribution in [0.2, 0.25) is 9.36 Å². The van der Waals surface area contributed by atoms with E-state index < -0.39 is 46.8 Å². The highest BCUT2D eigenvalue weighted by Crippen LogP contribution is 2.39. The van der Waals surface area contributed by atoms with Crippen molar-refractivity contribution >= 4 is 77.7 Å². The minimum atomic E-state index is -4.03. The lowest BCUT2D eigenvalue weighted by Gasteiger charge is -2.23. The molecule has 274 valence electrons. The number of carbonyl (C=O) groups is 2. The summed E-state index contributed by atoms with van der Waals surface area (Å²) >= 11 is 12.5. The van der Waals surface area contributed by atoms with E-state index in [-0.39, 0.29) is 40.9 Å². The van der Waals surface area contributed by atoms with Crippen LogP contribution in [0.3, 0.4) is 0 Å². The normalized spacial score (nSPS) is 13.0. The Morgan fingerprint density at radius 1 is 0.700 bits per heavy atom. The fraction of sp³-hybridized carbons (Fsp3) is 0.438. The number of thiophene rings is 1. The number of hydrogen-bond donors (Lipinski definition) is 2. The molecule has 0 fully saturated rings. The van der Waals surface area contributed by atoms with Gasteiger partial charge in [0.15, 0.2) is 26.2 Å². The second kappa shape index (κ2) is 14.4. The fourth-order valence-electron chi connectivity index (χ4n) is 3.77. The molecular weight excluding hydrogens is 754 g/mol. The molecule has 18 heteroatoms. The largest absolute Gasteiger partial charge is 0.359 e. The van der Waals surface area contributed by atoms with Crippen LogP contribution in [0.5, 0.6) is 0 Å². The topological polar surface area (TPSA) is 179 Å². The minimum Gasteiger partial charge on any atom is -0.359 e. The van der Waals surface area contributed by atoms with E-state index in [1.54, 1.807) is 12.1 Å². The molecular formula is C32H39Cl2FN4O8S3. The van der Waals surface area contributed by atoms with Crippen LogP contribution in [-0.2, 0) is 40.1 Å². The standard InChI is InChI=1S/C17H21FN2O4S.C15H18Cl2N2O4S2/c1-16(2,3)13-10-14(20-24-13)19-15(21)17(4,5)25(22,23)12-8-6-11(18)7-9-12;1-14(2,3)9-7-10(19-23-9)18-13(20)15(4,5)25(21,22)11-6-8(16)12(17)24-11/h6-10H,1-5H3,(H,19,20,21);6-7H,1-5H3,(H,18,19,20). The van der Waals surface area contributed by atoms with Gasteiger partial charge in [0.25, 0.3) is 0 Å². The van der Waals surface area contributed by atoms with Crippen LogP contribution in [-0.4, -0.2) is 48.5 Å². The quantitative estimate of drug-likeness (QED) is 0.167. The monoisotopic (exact) mass is 792 g/mol. The van der Waals surface area contributed by atoms with Crippen molar-refractivity contribution in [2.45, 2.75) is 98.7 Å². The van der Waals surface area contributed by atoms with Crippen molar-refractivity contribution < 1.29 is 39.9 Å². The Morgan fingerprint density at radius 3 is 1.44 bits per heavy atom. The Balaban J connectivity index is 0.000000270. The van der Waals surface area contributed by atoms with Gasteiger partial charge in [-0.25, -0.2) is 21.2 Å². The van der Waals surface area contributed by atoms with Crippen LogP contribution in [0.15, 0.2) is 60.6 Å². The van der Waals surface area contributed by atoms with Crippen molar-refractivity contribution in [1.29, 1.82) is 0 Å². The maximum absolute atomic E-state index is 13.0. The van der Waals surface area contributed by atoms with Crippen LogP contribution < -0.4 is 10.6 Å². The number of amides is 2. The Morgan fingerprint density at radius 2 is 1.10 bits per heavy atom. The third-order valence-corrected chi connectivity index (χ3v) is 14.6. The van der Waals surface area contributed by atoms with Crippen molar-refractivity contribution in [2.24, 2.45) is 0 Å². The number of halogens is 3. The van der Waals surface area contributed by atoms with Gasteiger partial charge in [-0.05, 0) is 58.0 Å². The third-order valence-electron chi connectivity index (χ3n) is 7.43. The number of anilines is 2. The molecule has 0 saturated carbocycles. The number of hydrogen-bond acceptors (Lipinski definition) is 11. The number of rotatable bonds is 8.